The van der Waals surface area contributed by atoms with Gasteiger partial charge in [0.15, 0.2) is 11.6 Å². The Hall–Kier alpha value is -2.27. The van der Waals surface area contributed by atoms with Crippen LogP contribution in [0.1, 0.15) is 33.1 Å². The molecule has 11 heteroatoms. The van der Waals surface area contributed by atoms with Gasteiger partial charge in [-0.3, -0.25) is 9.69 Å². The van der Waals surface area contributed by atoms with E-state index in [1.54, 1.807) is 0 Å². The maximum atomic E-state index is 13.6. The second kappa shape index (κ2) is 9.30. The Balaban J connectivity index is 1.72. The number of carbonyl (C=O) groups excluding carboxylic acids is 1. The lowest BCUT2D eigenvalue weighted by molar-refractivity contribution is -0.127. The molecule has 2 fully saturated rings. The summed E-state index contributed by atoms with van der Waals surface area (Å²) < 4.78 is 53.9. The Morgan fingerprint density at radius 1 is 1.22 bits per heavy atom. The largest absolute Gasteiger partial charge is 0.465 e. The number of nitrogens with zero attached hydrogens (tertiary/aromatic N) is 2. The lowest BCUT2D eigenvalue weighted by Gasteiger charge is -2.29. The quantitative estimate of drug-likeness (QED) is 0.633. The highest BCUT2D eigenvalue weighted by Crippen LogP contribution is 2.40. The van der Waals surface area contributed by atoms with Crippen LogP contribution in [0.25, 0.3) is 0 Å². The van der Waals surface area contributed by atoms with Crippen molar-refractivity contribution in [3.8, 4) is 0 Å². The standard InChI is InChI=1S/C21H29F2N3O5S/c1-12(2)8-19(25(3)21(28)29)20(27)24-18-7-4-13-10-26(11-15(13)18)32(30,31)14-5-6-16(22)17(23)9-14/h5-6,9,12-13,15,18-19H,4,7-8,10-11H2,1-3H3,(H,24,27)(H,28,29)/t13-,15+,18+,19?/m0/s1. The van der Waals surface area contributed by atoms with Crippen molar-refractivity contribution in [2.45, 2.75) is 50.1 Å². The summed E-state index contributed by atoms with van der Waals surface area (Å²) in [6.45, 7) is 4.20. The number of hydrogen-bond donors (Lipinski definition) is 2. The number of hydrogen-bond acceptors (Lipinski definition) is 4. The molecule has 0 spiro atoms. The molecule has 0 aromatic heterocycles. The number of likely N-dealkylation sites (N-methyl/N-ethyl adjacent to an activating group) is 1. The van der Waals surface area contributed by atoms with Gasteiger partial charge in [0.2, 0.25) is 15.9 Å². The minimum absolute atomic E-state index is 0.0288. The minimum atomic E-state index is -4.00. The number of carboxylic acid groups (broad SMARTS) is 1. The fraction of sp³-hybridized carbons (Fsp3) is 0.619. The van der Waals surface area contributed by atoms with Crippen LogP contribution >= 0.6 is 0 Å². The van der Waals surface area contributed by atoms with Crippen molar-refractivity contribution < 1.29 is 31.9 Å². The van der Waals surface area contributed by atoms with Gasteiger partial charge in [-0.15, -0.1) is 0 Å². The maximum absolute atomic E-state index is 13.6. The molecule has 1 saturated carbocycles. The van der Waals surface area contributed by atoms with Gasteiger partial charge in [0.1, 0.15) is 6.04 Å². The van der Waals surface area contributed by atoms with Crippen LogP contribution in [-0.2, 0) is 14.8 Å². The molecular weight excluding hydrogens is 444 g/mol. The predicted molar refractivity (Wildman–Crippen MR) is 112 cm³/mol. The van der Waals surface area contributed by atoms with Crippen molar-refractivity contribution in [2.75, 3.05) is 20.1 Å². The second-order valence-electron chi connectivity index (χ2n) is 9.05. The summed E-state index contributed by atoms with van der Waals surface area (Å²) in [5.41, 5.74) is 0. The summed E-state index contributed by atoms with van der Waals surface area (Å²) in [7, 11) is -2.64. The first-order valence-electron chi connectivity index (χ1n) is 10.6. The van der Waals surface area contributed by atoms with Crippen LogP contribution in [0, 0.1) is 29.4 Å². The molecule has 1 unspecified atom stereocenters. The van der Waals surface area contributed by atoms with Crippen molar-refractivity contribution in [1.82, 2.24) is 14.5 Å². The Morgan fingerprint density at radius 3 is 2.50 bits per heavy atom. The van der Waals surface area contributed by atoms with Crippen LogP contribution in [0.4, 0.5) is 13.6 Å². The predicted octanol–water partition coefficient (Wildman–Crippen LogP) is 2.50. The average Bonchev–Trinajstić information content (AvgIpc) is 3.29. The minimum Gasteiger partial charge on any atom is -0.465 e. The van der Waals surface area contributed by atoms with E-state index in [0.717, 1.165) is 17.0 Å². The van der Waals surface area contributed by atoms with Gasteiger partial charge in [-0.05, 0) is 55.2 Å². The lowest BCUT2D eigenvalue weighted by atomic mass is 9.96. The monoisotopic (exact) mass is 473 g/mol. The number of sulfonamides is 1. The molecule has 1 aliphatic heterocycles. The van der Waals surface area contributed by atoms with E-state index in [4.69, 9.17) is 0 Å². The van der Waals surface area contributed by atoms with Crippen molar-refractivity contribution >= 4 is 22.0 Å². The second-order valence-corrected chi connectivity index (χ2v) is 11.0. The van der Waals surface area contributed by atoms with Crippen LogP contribution < -0.4 is 5.32 Å². The molecular formula is C21H29F2N3O5S. The molecule has 3 rings (SSSR count). The van der Waals surface area contributed by atoms with E-state index in [2.05, 4.69) is 5.32 Å². The van der Waals surface area contributed by atoms with E-state index >= 15 is 0 Å². The Kier molecular flexibility index (Phi) is 7.09. The normalized spacial score (nSPS) is 24.4. The zero-order chi connectivity index (χ0) is 23.8. The van der Waals surface area contributed by atoms with Crippen LogP contribution in [0.2, 0.25) is 0 Å². The molecule has 1 aromatic rings. The van der Waals surface area contributed by atoms with E-state index in [9.17, 15) is 31.9 Å². The zero-order valence-electron chi connectivity index (χ0n) is 18.3. The third-order valence-electron chi connectivity index (χ3n) is 6.45. The highest BCUT2D eigenvalue weighted by molar-refractivity contribution is 7.89. The summed E-state index contributed by atoms with van der Waals surface area (Å²) in [4.78, 5) is 25.0. The van der Waals surface area contributed by atoms with Crippen LogP contribution in [0.5, 0.6) is 0 Å². The fourth-order valence-corrected chi connectivity index (χ4v) is 6.23. The Morgan fingerprint density at radius 2 is 1.91 bits per heavy atom. The molecule has 1 aliphatic carbocycles. The van der Waals surface area contributed by atoms with Crippen molar-refractivity contribution in [3.05, 3.63) is 29.8 Å². The molecule has 178 valence electrons. The summed E-state index contributed by atoms with van der Waals surface area (Å²) >= 11 is 0. The van der Waals surface area contributed by atoms with Crippen molar-refractivity contribution in [2.24, 2.45) is 17.8 Å². The SMILES string of the molecule is CC(C)CC(C(=O)N[C@@H]1CC[C@H]2CN(S(=O)(=O)c3ccc(F)c(F)c3)C[C@H]21)N(C)C(=O)O. The molecule has 1 saturated heterocycles. The summed E-state index contributed by atoms with van der Waals surface area (Å²) in [5, 5.41) is 12.3. The van der Waals surface area contributed by atoms with E-state index in [1.807, 2.05) is 13.8 Å². The summed E-state index contributed by atoms with van der Waals surface area (Å²) in [6.07, 6.45) is 0.556. The van der Waals surface area contributed by atoms with E-state index < -0.39 is 39.7 Å². The molecule has 2 N–H and O–H groups in total. The van der Waals surface area contributed by atoms with Crippen molar-refractivity contribution in [3.63, 3.8) is 0 Å². The number of nitrogens with one attached hydrogen (secondary N) is 1. The van der Waals surface area contributed by atoms with Gasteiger partial charge in [0.05, 0.1) is 4.90 Å². The molecule has 0 radical (unpaired) electrons. The molecule has 2 amide bonds. The zero-order valence-corrected chi connectivity index (χ0v) is 19.1. The third kappa shape index (κ3) is 4.88. The molecule has 0 bridgehead atoms. The molecule has 1 aromatic carbocycles. The number of fused-ring (bicyclic) bond motifs is 1. The highest BCUT2D eigenvalue weighted by atomic mass is 32.2. The summed E-state index contributed by atoms with van der Waals surface area (Å²) in [6, 6.07) is 1.38. The summed E-state index contributed by atoms with van der Waals surface area (Å²) in [5.74, 6) is -2.74. The first kappa shape index (κ1) is 24.4. The van der Waals surface area contributed by atoms with Gasteiger partial charge in [-0.1, -0.05) is 13.8 Å². The van der Waals surface area contributed by atoms with E-state index in [0.29, 0.717) is 25.3 Å². The highest BCUT2D eigenvalue weighted by Gasteiger charge is 2.47. The number of carbonyl (C=O) groups is 2. The van der Waals surface area contributed by atoms with Gasteiger partial charge in [0.25, 0.3) is 0 Å². The Bertz CT molecular complexity index is 988. The lowest BCUT2D eigenvalue weighted by Crippen LogP contribution is -2.51. The van der Waals surface area contributed by atoms with Crippen LogP contribution in [0.3, 0.4) is 0 Å². The number of halogens is 2. The van der Waals surface area contributed by atoms with Gasteiger partial charge in [0, 0.05) is 26.2 Å². The van der Waals surface area contributed by atoms with E-state index in [1.165, 1.54) is 11.4 Å². The van der Waals surface area contributed by atoms with Gasteiger partial charge in [-0.2, -0.15) is 4.31 Å². The molecule has 1 heterocycles. The smallest absolute Gasteiger partial charge is 0.407 e. The van der Waals surface area contributed by atoms with Crippen molar-refractivity contribution in [1.29, 1.82) is 0 Å². The first-order chi connectivity index (χ1) is 14.9. The van der Waals surface area contributed by atoms with Gasteiger partial charge in [-0.25, -0.2) is 22.0 Å². The van der Waals surface area contributed by atoms with Crippen LogP contribution in [0.15, 0.2) is 23.1 Å². The molecule has 32 heavy (non-hydrogen) atoms. The molecule has 4 atom stereocenters. The number of rotatable bonds is 7. The van der Waals surface area contributed by atoms with Gasteiger partial charge >= 0.3 is 6.09 Å². The number of benzene rings is 1. The Labute approximate surface area is 186 Å². The van der Waals surface area contributed by atoms with Crippen LogP contribution in [-0.4, -0.2) is 67.0 Å². The first-order valence-corrected chi connectivity index (χ1v) is 12.1. The van der Waals surface area contributed by atoms with Gasteiger partial charge < -0.3 is 10.4 Å². The maximum Gasteiger partial charge on any atom is 0.407 e. The van der Waals surface area contributed by atoms with E-state index in [-0.39, 0.29) is 41.8 Å². The average molecular weight is 474 g/mol. The fourth-order valence-electron chi connectivity index (χ4n) is 4.69. The molecule has 8 nitrogen and oxygen atoms in total. The number of amides is 2. The topological polar surface area (TPSA) is 107 Å². The molecule has 2 aliphatic rings. The third-order valence-corrected chi connectivity index (χ3v) is 8.27.